The van der Waals surface area contributed by atoms with Crippen molar-refractivity contribution in [2.45, 2.75) is 0 Å². The average Bonchev–Trinajstić information content (AvgIpc) is 2.95. The summed E-state index contributed by atoms with van der Waals surface area (Å²) >= 11 is 5.41. The molecule has 0 amide bonds. The number of anilines is 2. The van der Waals surface area contributed by atoms with Crippen LogP contribution in [-0.2, 0) is 9.47 Å². The second kappa shape index (κ2) is 14.8. The lowest BCUT2D eigenvalue weighted by atomic mass is 9.80. The minimum Gasteiger partial charge on any atom is -0.465 e. The van der Waals surface area contributed by atoms with Gasteiger partial charge in [-0.1, -0.05) is 35.9 Å². The maximum absolute atomic E-state index is 11.3. The Balaban J connectivity index is 0.000000214. The van der Waals surface area contributed by atoms with Crippen LogP contribution in [0.2, 0.25) is 5.15 Å². The van der Waals surface area contributed by atoms with E-state index in [0.29, 0.717) is 28.1 Å². The van der Waals surface area contributed by atoms with E-state index in [9.17, 15) is 9.59 Å². The molecule has 38 heavy (non-hydrogen) atoms. The van der Waals surface area contributed by atoms with Crippen molar-refractivity contribution in [1.29, 1.82) is 0 Å². The smallest absolute Gasteiger partial charge is 0.465 e. The predicted molar refractivity (Wildman–Crippen MR) is 142 cm³/mol. The summed E-state index contributed by atoms with van der Waals surface area (Å²) in [7, 11) is 1.13. The number of ether oxygens (including phenoxy) is 2. The van der Waals surface area contributed by atoms with Crippen LogP contribution in [0.15, 0.2) is 73.3 Å². The second-order valence-corrected chi connectivity index (χ2v) is 7.44. The lowest BCUT2D eigenvalue weighted by molar-refractivity contribution is 0.0592. The van der Waals surface area contributed by atoms with Gasteiger partial charge in [-0.25, -0.2) is 24.5 Å². The fourth-order valence-corrected chi connectivity index (χ4v) is 2.80. The van der Waals surface area contributed by atoms with Gasteiger partial charge >= 0.3 is 19.1 Å². The van der Waals surface area contributed by atoms with Crippen molar-refractivity contribution in [1.82, 2.24) is 19.9 Å². The van der Waals surface area contributed by atoms with Gasteiger partial charge in [-0.05, 0) is 29.7 Å². The lowest BCUT2D eigenvalue weighted by Crippen LogP contribution is -2.29. The van der Waals surface area contributed by atoms with Gasteiger partial charge in [0.2, 0.25) is 0 Å². The summed E-state index contributed by atoms with van der Waals surface area (Å²) in [4.78, 5) is 37.6. The molecule has 0 fully saturated rings. The van der Waals surface area contributed by atoms with Crippen molar-refractivity contribution in [3.8, 4) is 11.3 Å². The first kappa shape index (κ1) is 29.6. The van der Waals surface area contributed by atoms with Gasteiger partial charge in [0.15, 0.2) is 11.0 Å². The van der Waals surface area contributed by atoms with E-state index in [-0.39, 0.29) is 16.9 Å². The van der Waals surface area contributed by atoms with Crippen LogP contribution in [0.4, 0.5) is 11.6 Å². The number of esters is 2. The molecule has 2 aromatic carbocycles. The number of hydrogen-bond donors (Lipinski definition) is 4. The van der Waals surface area contributed by atoms with Gasteiger partial charge in [-0.2, -0.15) is 0 Å². The fraction of sp³-hybridized carbons (Fsp3) is 0.0833. The van der Waals surface area contributed by atoms with Crippen molar-refractivity contribution in [2.75, 3.05) is 25.7 Å². The van der Waals surface area contributed by atoms with Crippen molar-refractivity contribution in [2.24, 2.45) is 0 Å². The number of methoxy groups -OCH3 is 2. The second-order valence-electron chi connectivity index (χ2n) is 7.08. The maximum atomic E-state index is 11.3. The largest absolute Gasteiger partial charge is 0.488 e. The molecule has 0 aliphatic carbocycles. The van der Waals surface area contributed by atoms with Crippen molar-refractivity contribution >= 4 is 47.8 Å². The Morgan fingerprint density at radius 1 is 0.737 bits per heavy atom. The number of rotatable bonds is 4. The average molecular weight is 539 g/mol. The van der Waals surface area contributed by atoms with E-state index < -0.39 is 13.1 Å². The molecule has 0 aliphatic rings. The monoisotopic (exact) mass is 538 g/mol. The van der Waals surface area contributed by atoms with Gasteiger partial charge < -0.3 is 31.0 Å². The highest BCUT2D eigenvalue weighted by Crippen LogP contribution is 2.21. The van der Waals surface area contributed by atoms with E-state index in [1.807, 2.05) is 0 Å². The molecule has 4 aromatic rings. The Bertz CT molecular complexity index is 1320. The molecule has 2 heterocycles. The SMILES string of the molecule is COC(=O)c1ccc(-c2nccnc2N)cc1.COC(=O)c1ccc(B(O)O)cc1.Nc1nccnc1Cl. The van der Waals surface area contributed by atoms with Crippen LogP contribution in [0.5, 0.6) is 0 Å². The van der Waals surface area contributed by atoms with Gasteiger partial charge in [0.25, 0.3) is 0 Å². The molecule has 0 spiro atoms. The van der Waals surface area contributed by atoms with Crippen LogP contribution in [0, 0.1) is 0 Å². The zero-order chi connectivity index (χ0) is 28.1. The third kappa shape index (κ3) is 8.82. The first-order valence-corrected chi connectivity index (χ1v) is 11.1. The summed E-state index contributed by atoms with van der Waals surface area (Å²) in [5.41, 5.74) is 13.5. The number of benzene rings is 2. The summed E-state index contributed by atoms with van der Waals surface area (Å²) in [5, 5.41) is 17.8. The van der Waals surface area contributed by atoms with Crippen LogP contribution in [0.1, 0.15) is 20.7 Å². The zero-order valence-corrected chi connectivity index (χ0v) is 21.1. The minimum absolute atomic E-state index is 0.257. The van der Waals surface area contributed by atoms with E-state index in [1.165, 1.54) is 57.1 Å². The third-order valence-corrected chi connectivity index (χ3v) is 4.91. The van der Waals surface area contributed by atoms with Gasteiger partial charge in [0, 0.05) is 30.4 Å². The van der Waals surface area contributed by atoms with Crippen LogP contribution in [0.3, 0.4) is 0 Å². The highest BCUT2D eigenvalue weighted by Gasteiger charge is 2.12. The Kier molecular flexibility index (Phi) is 11.6. The van der Waals surface area contributed by atoms with Crippen LogP contribution >= 0.6 is 11.6 Å². The Morgan fingerprint density at radius 3 is 1.58 bits per heavy atom. The molecule has 12 nitrogen and oxygen atoms in total. The number of nitrogens with two attached hydrogens (primary N) is 2. The van der Waals surface area contributed by atoms with E-state index in [4.69, 9.17) is 33.1 Å². The Hall–Kier alpha value is -4.59. The summed E-state index contributed by atoms with van der Waals surface area (Å²) in [6, 6.07) is 12.7. The number of nitrogen functional groups attached to an aromatic ring is 2. The molecule has 0 aliphatic heterocycles. The van der Waals surface area contributed by atoms with E-state index in [2.05, 4.69) is 29.4 Å². The first-order valence-electron chi connectivity index (χ1n) is 10.7. The number of halogens is 1. The maximum Gasteiger partial charge on any atom is 0.488 e. The molecule has 14 heteroatoms. The van der Waals surface area contributed by atoms with Gasteiger partial charge in [-0.15, -0.1) is 0 Å². The molecule has 6 N–H and O–H groups in total. The standard InChI is InChI=1S/C12H11N3O2.C8H9BO4.C4H4ClN3/c1-17-12(16)9-4-2-8(3-5-9)10-11(13)15-7-6-14-10;1-13-8(10)6-2-4-7(5-3-6)9(11)12;5-3-4(6)8-2-1-7-3/h2-7H,1H3,(H2,13,15);2-5,11-12H,1H3;1-2H,(H2,6,8). The summed E-state index contributed by atoms with van der Waals surface area (Å²) < 4.78 is 9.09. The van der Waals surface area contributed by atoms with E-state index in [0.717, 1.165) is 5.56 Å². The highest BCUT2D eigenvalue weighted by atomic mass is 35.5. The van der Waals surface area contributed by atoms with E-state index in [1.54, 1.807) is 30.5 Å². The molecule has 4 rings (SSSR count). The highest BCUT2D eigenvalue weighted by molar-refractivity contribution is 6.58. The number of hydrogen-bond acceptors (Lipinski definition) is 12. The number of carbonyl (C=O) groups excluding carboxylic acids is 2. The number of nitrogens with zero attached hydrogens (tertiary/aromatic N) is 4. The molecule has 0 unspecified atom stereocenters. The van der Waals surface area contributed by atoms with Crippen molar-refractivity contribution < 1.29 is 29.1 Å². The Morgan fingerprint density at radius 2 is 1.18 bits per heavy atom. The third-order valence-electron chi connectivity index (χ3n) is 4.62. The summed E-state index contributed by atoms with van der Waals surface area (Å²) in [6.07, 6.45) is 6.07. The first-order chi connectivity index (χ1) is 18.2. The lowest BCUT2D eigenvalue weighted by Gasteiger charge is -2.04. The van der Waals surface area contributed by atoms with E-state index >= 15 is 0 Å². The quantitative estimate of drug-likeness (QED) is 0.215. The molecular weight excluding hydrogens is 515 g/mol. The van der Waals surface area contributed by atoms with Crippen LogP contribution in [0.25, 0.3) is 11.3 Å². The molecular formula is C24H24BClN6O6. The van der Waals surface area contributed by atoms with Crippen LogP contribution in [-0.4, -0.2) is 63.3 Å². The fourth-order valence-electron chi connectivity index (χ4n) is 2.69. The van der Waals surface area contributed by atoms with Crippen LogP contribution < -0.4 is 16.9 Å². The molecule has 0 bridgehead atoms. The molecule has 0 radical (unpaired) electrons. The Labute approximate surface area is 223 Å². The predicted octanol–water partition coefficient (Wildman–Crippen LogP) is 1.38. The van der Waals surface area contributed by atoms with Crippen molar-refractivity contribution in [3.05, 3.63) is 89.6 Å². The van der Waals surface area contributed by atoms with Gasteiger partial charge in [0.1, 0.15) is 11.5 Å². The van der Waals surface area contributed by atoms with Gasteiger partial charge in [-0.3, -0.25) is 4.98 Å². The molecule has 0 atom stereocenters. The minimum atomic E-state index is -1.51. The van der Waals surface area contributed by atoms with Gasteiger partial charge in [0.05, 0.1) is 25.3 Å². The topological polar surface area (TPSA) is 197 Å². The summed E-state index contributed by atoms with van der Waals surface area (Å²) in [6.45, 7) is 0. The molecule has 196 valence electrons. The number of carbonyl (C=O) groups is 2. The number of aromatic nitrogens is 4. The van der Waals surface area contributed by atoms with Crippen molar-refractivity contribution in [3.63, 3.8) is 0 Å². The normalized spacial score (nSPS) is 9.61. The molecule has 0 saturated carbocycles. The summed E-state index contributed by atoms with van der Waals surface area (Å²) in [5.74, 6) is -0.185. The molecule has 0 saturated heterocycles. The molecule has 2 aromatic heterocycles. The zero-order valence-electron chi connectivity index (χ0n) is 20.4.